The van der Waals surface area contributed by atoms with Crippen molar-refractivity contribution in [2.75, 3.05) is 32.8 Å². The Labute approximate surface area is 137 Å². The number of amides is 2. The second-order valence-electron chi connectivity index (χ2n) is 5.80. The van der Waals surface area contributed by atoms with Crippen LogP contribution in [0.15, 0.2) is 18.2 Å². The van der Waals surface area contributed by atoms with Gasteiger partial charge in [-0.3, -0.25) is 9.59 Å². The third-order valence-electron chi connectivity index (χ3n) is 4.27. The van der Waals surface area contributed by atoms with Crippen molar-refractivity contribution in [1.82, 2.24) is 10.2 Å². The van der Waals surface area contributed by atoms with Gasteiger partial charge in [0, 0.05) is 32.0 Å². The summed E-state index contributed by atoms with van der Waals surface area (Å²) in [5.41, 5.74) is -0.297. The number of ether oxygens (including phenoxy) is 2. The van der Waals surface area contributed by atoms with Crippen molar-refractivity contribution in [2.24, 2.45) is 0 Å². The Kier molecular flexibility index (Phi) is 4.77. The second kappa shape index (κ2) is 6.82. The molecule has 0 aromatic heterocycles. The van der Waals surface area contributed by atoms with Gasteiger partial charge < -0.3 is 19.7 Å². The Morgan fingerprint density at radius 2 is 1.83 bits per heavy atom. The Morgan fingerprint density at radius 3 is 2.46 bits per heavy atom. The largest absolute Gasteiger partial charge is 0.347 e. The molecular formula is C16H18F2N2O4. The quantitative estimate of drug-likeness (QED) is 0.893. The number of likely N-dealkylation sites (tertiary alicyclic amines) is 1. The summed E-state index contributed by atoms with van der Waals surface area (Å²) in [5, 5.41) is 2.36. The van der Waals surface area contributed by atoms with E-state index in [1.165, 1.54) is 0 Å². The fourth-order valence-electron chi connectivity index (χ4n) is 2.92. The van der Waals surface area contributed by atoms with E-state index in [1.54, 1.807) is 4.90 Å². The maximum Gasteiger partial charge on any atom is 0.254 e. The van der Waals surface area contributed by atoms with E-state index in [-0.39, 0.29) is 18.0 Å². The molecule has 2 saturated heterocycles. The van der Waals surface area contributed by atoms with E-state index >= 15 is 0 Å². The lowest BCUT2D eigenvalue weighted by Crippen LogP contribution is -2.49. The molecule has 2 fully saturated rings. The number of carbonyl (C=O) groups is 2. The average molecular weight is 340 g/mol. The molecule has 1 aromatic rings. The van der Waals surface area contributed by atoms with Crippen LogP contribution in [-0.2, 0) is 14.3 Å². The van der Waals surface area contributed by atoms with Crippen LogP contribution in [0.25, 0.3) is 0 Å². The minimum atomic E-state index is -0.963. The molecule has 0 saturated carbocycles. The Morgan fingerprint density at radius 1 is 1.17 bits per heavy atom. The summed E-state index contributed by atoms with van der Waals surface area (Å²) >= 11 is 0. The lowest BCUT2D eigenvalue weighted by molar-refractivity contribution is -0.187. The first kappa shape index (κ1) is 16.8. The third kappa shape index (κ3) is 3.54. The summed E-state index contributed by atoms with van der Waals surface area (Å²) in [7, 11) is 0. The van der Waals surface area contributed by atoms with Crippen LogP contribution >= 0.6 is 0 Å². The van der Waals surface area contributed by atoms with E-state index in [2.05, 4.69) is 5.32 Å². The summed E-state index contributed by atoms with van der Waals surface area (Å²) in [5.74, 6) is -3.32. The molecule has 130 valence electrons. The van der Waals surface area contributed by atoms with Gasteiger partial charge in [-0.25, -0.2) is 8.78 Å². The zero-order valence-electron chi connectivity index (χ0n) is 13.0. The second-order valence-corrected chi connectivity index (χ2v) is 5.80. The van der Waals surface area contributed by atoms with E-state index in [1.807, 2.05) is 0 Å². The van der Waals surface area contributed by atoms with Crippen molar-refractivity contribution in [3.05, 3.63) is 35.4 Å². The lowest BCUT2D eigenvalue weighted by atomic mass is 10.0. The van der Waals surface area contributed by atoms with Crippen LogP contribution in [0.4, 0.5) is 8.78 Å². The highest BCUT2D eigenvalue weighted by atomic mass is 19.1. The monoisotopic (exact) mass is 340 g/mol. The molecule has 2 aliphatic heterocycles. The van der Waals surface area contributed by atoms with Gasteiger partial charge in [0.05, 0.1) is 25.3 Å². The molecule has 6 nitrogen and oxygen atoms in total. The summed E-state index contributed by atoms with van der Waals surface area (Å²) in [6.45, 7) is 1.82. The van der Waals surface area contributed by atoms with Crippen LogP contribution in [0.2, 0.25) is 0 Å². The van der Waals surface area contributed by atoms with Gasteiger partial charge >= 0.3 is 0 Å². The van der Waals surface area contributed by atoms with Crippen LogP contribution in [0.5, 0.6) is 0 Å². The molecular weight excluding hydrogens is 322 g/mol. The van der Waals surface area contributed by atoms with Crippen molar-refractivity contribution in [3.8, 4) is 0 Å². The number of halogens is 2. The van der Waals surface area contributed by atoms with Crippen LogP contribution in [-0.4, -0.2) is 55.3 Å². The molecule has 0 bridgehead atoms. The molecule has 2 aliphatic rings. The fourth-order valence-corrected chi connectivity index (χ4v) is 2.92. The molecule has 2 amide bonds. The van der Waals surface area contributed by atoms with E-state index in [4.69, 9.17) is 9.47 Å². The first-order chi connectivity index (χ1) is 11.5. The Hall–Kier alpha value is -2.06. The van der Waals surface area contributed by atoms with E-state index in [9.17, 15) is 18.4 Å². The number of carbonyl (C=O) groups excluding carboxylic acids is 2. The molecule has 0 aliphatic carbocycles. The summed E-state index contributed by atoms with van der Waals surface area (Å²) in [6, 6.07) is 2.66. The Balaban J connectivity index is 1.49. The lowest BCUT2D eigenvalue weighted by Gasteiger charge is -2.37. The van der Waals surface area contributed by atoms with Gasteiger partial charge in [-0.05, 0) is 12.1 Å². The molecule has 0 radical (unpaired) electrons. The maximum atomic E-state index is 13.5. The summed E-state index contributed by atoms with van der Waals surface area (Å²) in [4.78, 5) is 25.6. The number of benzene rings is 1. The molecule has 1 N–H and O–H groups in total. The number of rotatable bonds is 3. The smallest absolute Gasteiger partial charge is 0.254 e. The number of piperidine rings is 1. The van der Waals surface area contributed by atoms with Gasteiger partial charge in [0.25, 0.3) is 5.91 Å². The highest BCUT2D eigenvalue weighted by Gasteiger charge is 2.40. The normalized spacial score (nSPS) is 19.5. The van der Waals surface area contributed by atoms with Crippen molar-refractivity contribution in [2.45, 2.75) is 18.6 Å². The van der Waals surface area contributed by atoms with Gasteiger partial charge in [-0.1, -0.05) is 0 Å². The van der Waals surface area contributed by atoms with Crippen molar-refractivity contribution >= 4 is 11.8 Å². The SMILES string of the molecule is O=C(NCC(=O)N1CCC2(CC1)OCCO2)c1ccc(F)cc1F. The molecule has 1 aromatic carbocycles. The van der Waals surface area contributed by atoms with Gasteiger partial charge in [0.15, 0.2) is 5.79 Å². The van der Waals surface area contributed by atoms with E-state index < -0.39 is 23.3 Å². The maximum absolute atomic E-state index is 13.5. The highest BCUT2D eigenvalue weighted by molar-refractivity contribution is 5.96. The Bertz CT molecular complexity index is 637. The summed E-state index contributed by atoms with van der Waals surface area (Å²) < 4.78 is 37.5. The molecule has 0 atom stereocenters. The minimum absolute atomic E-state index is 0.246. The predicted molar refractivity (Wildman–Crippen MR) is 79.1 cm³/mol. The zero-order valence-corrected chi connectivity index (χ0v) is 13.0. The summed E-state index contributed by atoms with van der Waals surface area (Å²) in [6.07, 6.45) is 1.17. The van der Waals surface area contributed by atoms with Crippen LogP contribution in [0.3, 0.4) is 0 Å². The molecule has 0 unspecified atom stereocenters. The van der Waals surface area contributed by atoms with Gasteiger partial charge in [0.1, 0.15) is 11.6 Å². The number of nitrogens with one attached hydrogen (secondary N) is 1. The van der Waals surface area contributed by atoms with Crippen molar-refractivity contribution in [3.63, 3.8) is 0 Å². The van der Waals surface area contributed by atoms with Crippen LogP contribution < -0.4 is 5.32 Å². The molecule has 2 heterocycles. The van der Waals surface area contributed by atoms with Gasteiger partial charge in [-0.2, -0.15) is 0 Å². The van der Waals surface area contributed by atoms with Crippen LogP contribution in [0.1, 0.15) is 23.2 Å². The van der Waals surface area contributed by atoms with Crippen molar-refractivity contribution in [1.29, 1.82) is 0 Å². The van der Waals surface area contributed by atoms with Crippen LogP contribution in [0, 0.1) is 11.6 Å². The standard InChI is InChI=1S/C16H18F2N2O4/c17-11-1-2-12(13(18)9-11)15(22)19-10-14(21)20-5-3-16(4-6-20)23-7-8-24-16/h1-2,9H,3-8,10H2,(H,19,22). The zero-order chi connectivity index (χ0) is 17.2. The molecule has 8 heteroatoms. The minimum Gasteiger partial charge on any atom is -0.347 e. The van der Waals surface area contributed by atoms with Crippen molar-refractivity contribution < 1.29 is 27.8 Å². The molecule has 1 spiro atoms. The predicted octanol–water partition coefficient (Wildman–Crippen LogP) is 1.06. The number of nitrogens with zero attached hydrogens (tertiary/aromatic N) is 1. The molecule has 24 heavy (non-hydrogen) atoms. The van der Waals surface area contributed by atoms with Gasteiger partial charge in [-0.15, -0.1) is 0 Å². The molecule has 3 rings (SSSR count). The number of hydrogen-bond donors (Lipinski definition) is 1. The average Bonchev–Trinajstić information content (AvgIpc) is 3.01. The first-order valence-electron chi connectivity index (χ1n) is 7.78. The third-order valence-corrected chi connectivity index (χ3v) is 4.27. The first-order valence-corrected chi connectivity index (χ1v) is 7.78. The fraction of sp³-hybridized carbons (Fsp3) is 0.500. The topological polar surface area (TPSA) is 67.9 Å². The number of hydrogen-bond acceptors (Lipinski definition) is 4. The van der Waals surface area contributed by atoms with Gasteiger partial charge in [0.2, 0.25) is 5.91 Å². The van der Waals surface area contributed by atoms with E-state index in [0.717, 1.165) is 12.1 Å². The highest BCUT2D eigenvalue weighted by Crippen LogP contribution is 2.31. The van der Waals surface area contributed by atoms with E-state index in [0.29, 0.717) is 45.2 Å².